The molecule has 1 amide bonds. The SMILES string of the molecule is COc1ccc2c(c1)C1CC1(C)Cn1c-2c(C2CCCCC2)c2ccc(C(N)=O)cc21. The third kappa shape index (κ3) is 2.77. The maximum absolute atomic E-state index is 12.0. The average Bonchev–Trinajstić information content (AvgIpc) is 3.38. The number of primary amides is 1. The van der Waals surface area contributed by atoms with E-state index < -0.39 is 0 Å². The summed E-state index contributed by atoms with van der Waals surface area (Å²) in [6.45, 7) is 3.38. The summed E-state index contributed by atoms with van der Waals surface area (Å²) in [5.41, 5.74) is 13.3. The van der Waals surface area contributed by atoms with E-state index in [0.717, 1.165) is 12.3 Å². The lowest BCUT2D eigenvalue weighted by atomic mass is 9.81. The van der Waals surface area contributed by atoms with Crippen LogP contribution in [0.3, 0.4) is 0 Å². The molecule has 3 aliphatic rings. The molecule has 1 aromatic heterocycles. The summed E-state index contributed by atoms with van der Waals surface area (Å²) in [5.74, 6) is 1.72. The van der Waals surface area contributed by atoms with Crippen LogP contribution in [-0.2, 0) is 6.54 Å². The molecule has 2 atom stereocenters. The van der Waals surface area contributed by atoms with Gasteiger partial charge >= 0.3 is 0 Å². The molecular weight excluding hydrogens is 384 g/mol. The fraction of sp³-hybridized carbons (Fsp3) is 0.444. The largest absolute Gasteiger partial charge is 0.497 e. The zero-order valence-corrected chi connectivity index (χ0v) is 18.4. The molecule has 2 unspecified atom stereocenters. The Bertz CT molecular complexity index is 1220. The Labute approximate surface area is 183 Å². The smallest absolute Gasteiger partial charge is 0.248 e. The Hall–Kier alpha value is -2.75. The Kier molecular flexibility index (Phi) is 4.05. The van der Waals surface area contributed by atoms with Crippen LogP contribution in [0.5, 0.6) is 5.75 Å². The summed E-state index contributed by atoms with van der Waals surface area (Å²) in [6.07, 6.45) is 7.62. The van der Waals surface area contributed by atoms with E-state index in [4.69, 9.17) is 10.5 Å². The number of amides is 1. The van der Waals surface area contributed by atoms with Gasteiger partial charge < -0.3 is 15.0 Å². The summed E-state index contributed by atoms with van der Waals surface area (Å²) in [4.78, 5) is 12.0. The van der Waals surface area contributed by atoms with Crippen molar-refractivity contribution < 1.29 is 9.53 Å². The molecule has 3 aromatic rings. The predicted octanol–water partition coefficient (Wildman–Crippen LogP) is 5.97. The second kappa shape index (κ2) is 6.62. The number of hydrogen-bond acceptors (Lipinski definition) is 2. The summed E-state index contributed by atoms with van der Waals surface area (Å²) in [7, 11) is 1.75. The van der Waals surface area contributed by atoms with Crippen molar-refractivity contribution in [2.45, 2.75) is 63.8 Å². The van der Waals surface area contributed by atoms with Gasteiger partial charge in [0.25, 0.3) is 0 Å². The van der Waals surface area contributed by atoms with Gasteiger partial charge in [0.1, 0.15) is 5.75 Å². The quantitative estimate of drug-likeness (QED) is 0.574. The van der Waals surface area contributed by atoms with Crippen molar-refractivity contribution in [3.8, 4) is 17.0 Å². The van der Waals surface area contributed by atoms with Gasteiger partial charge in [-0.05, 0) is 78.0 Å². The van der Waals surface area contributed by atoms with Gasteiger partial charge in [-0.2, -0.15) is 0 Å². The normalized spacial score (nSPS) is 24.8. The van der Waals surface area contributed by atoms with E-state index in [-0.39, 0.29) is 11.3 Å². The number of fused-ring (bicyclic) bond motifs is 7. The molecular formula is C27H30N2O2. The van der Waals surface area contributed by atoms with Gasteiger partial charge in [-0.3, -0.25) is 4.79 Å². The minimum absolute atomic E-state index is 0.241. The molecule has 2 saturated carbocycles. The number of nitrogens with zero attached hydrogens (tertiary/aromatic N) is 1. The molecule has 2 aromatic carbocycles. The van der Waals surface area contributed by atoms with Crippen molar-refractivity contribution in [1.29, 1.82) is 0 Å². The van der Waals surface area contributed by atoms with E-state index in [2.05, 4.69) is 35.8 Å². The number of aromatic nitrogens is 1. The molecule has 6 rings (SSSR count). The number of carbonyl (C=O) groups is 1. The highest BCUT2D eigenvalue weighted by molar-refractivity contribution is 6.00. The van der Waals surface area contributed by atoms with Crippen LogP contribution >= 0.6 is 0 Å². The van der Waals surface area contributed by atoms with Crippen LogP contribution in [0.25, 0.3) is 22.2 Å². The lowest BCUT2D eigenvalue weighted by molar-refractivity contribution is 0.100. The topological polar surface area (TPSA) is 57.2 Å². The first kappa shape index (κ1) is 19.0. The minimum atomic E-state index is -0.356. The molecule has 4 nitrogen and oxygen atoms in total. The number of carbonyl (C=O) groups excluding carboxylic acids is 1. The highest BCUT2D eigenvalue weighted by Crippen LogP contribution is 2.65. The molecule has 0 bridgehead atoms. The fourth-order valence-electron chi connectivity index (χ4n) is 6.39. The van der Waals surface area contributed by atoms with Gasteiger partial charge in [0.05, 0.1) is 12.8 Å². The Balaban J connectivity index is 1.69. The number of rotatable bonds is 3. The van der Waals surface area contributed by atoms with Gasteiger partial charge in [0.15, 0.2) is 0 Å². The minimum Gasteiger partial charge on any atom is -0.497 e. The van der Waals surface area contributed by atoms with Crippen molar-refractivity contribution >= 4 is 16.8 Å². The zero-order chi connectivity index (χ0) is 21.3. The summed E-state index contributed by atoms with van der Waals surface area (Å²) < 4.78 is 8.12. The van der Waals surface area contributed by atoms with Crippen LogP contribution in [0.4, 0.5) is 0 Å². The van der Waals surface area contributed by atoms with Crippen molar-refractivity contribution in [2.75, 3.05) is 7.11 Å². The maximum Gasteiger partial charge on any atom is 0.248 e. The molecule has 2 heterocycles. The van der Waals surface area contributed by atoms with Crippen LogP contribution in [0, 0.1) is 5.41 Å². The first-order chi connectivity index (χ1) is 15.0. The van der Waals surface area contributed by atoms with Crippen LogP contribution in [-0.4, -0.2) is 17.6 Å². The highest BCUT2D eigenvalue weighted by Gasteiger charge is 2.54. The van der Waals surface area contributed by atoms with Crippen molar-refractivity contribution in [3.05, 3.63) is 53.1 Å². The lowest BCUT2D eigenvalue weighted by Crippen LogP contribution is -2.12. The van der Waals surface area contributed by atoms with E-state index in [1.54, 1.807) is 7.11 Å². The predicted molar refractivity (Wildman–Crippen MR) is 124 cm³/mol. The lowest BCUT2D eigenvalue weighted by Gasteiger charge is -2.24. The first-order valence-electron chi connectivity index (χ1n) is 11.6. The maximum atomic E-state index is 12.0. The van der Waals surface area contributed by atoms with Crippen molar-refractivity contribution in [3.63, 3.8) is 0 Å². The van der Waals surface area contributed by atoms with Crippen molar-refractivity contribution in [2.24, 2.45) is 11.1 Å². The van der Waals surface area contributed by atoms with Crippen molar-refractivity contribution in [1.82, 2.24) is 4.57 Å². The van der Waals surface area contributed by atoms with Gasteiger partial charge in [0, 0.05) is 28.6 Å². The van der Waals surface area contributed by atoms with Crippen LogP contribution in [0.2, 0.25) is 0 Å². The van der Waals surface area contributed by atoms with Gasteiger partial charge in [-0.15, -0.1) is 0 Å². The number of hydrogen-bond donors (Lipinski definition) is 1. The Morgan fingerprint density at radius 2 is 1.94 bits per heavy atom. The van der Waals surface area contributed by atoms with Crippen LogP contribution in [0.1, 0.15) is 78.8 Å². The Morgan fingerprint density at radius 3 is 2.68 bits per heavy atom. The number of nitrogens with two attached hydrogens (primary N) is 1. The molecule has 31 heavy (non-hydrogen) atoms. The third-order valence-electron chi connectivity index (χ3n) is 8.16. The number of benzene rings is 2. The van der Waals surface area contributed by atoms with Gasteiger partial charge in [-0.25, -0.2) is 0 Å². The second-order valence-corrected chi connectivity index (χ2v) is 10.1. The van der Waals surface area contributed by atoms with E-state index >= 15 is 0 Å². The van der Waals surface area contributed by atoms with Crippen LogP contribution < -0.4 is 10.5 Å². The zero-order valence-electron chi connectivity index (χ0n) is 18.4. The molecule has 2 N–H and O–H groups in total. The molecule has 0 radical (unpaired) electrons. The molecule has 2 fully saturated rings. The summed E-state index contributed by atoms with van der Waals surface area (Å²) in [5, 5.41) is 1.30. The fourth-order valence-corrected chi connectivity index (χ4v) is 6.39. The molecule has 0 spiro atoms. The standard InChI is InChI=1S/C27H30N2O2/c1-27-14-22(27)21-13-18(31-2)9-11-19(21)25-24(16-6-4-3-5-7-16)20-10-8-17(26(28)30)12-23(20)29(25)15-27/h8-13,16,22H,3-7,14-15H2,1-2H3,(H2,28,30). The van der Waals surface area contributed by atoms with E-state index in [9.17, 15) is 4.79 Å². The molecule has 2 aliphatic carbocycles. The number of methoxy groups -OCH3 is 1. The van der Waals surface area contributed by atoms with Crippen LogP contribution in [0.15, 0.2) is 36.4 Å². The molecule has 1 aliphatic heterocycles. The first-order valence-corrected chi connectivity index (χ1v) is 11.6. The van der Waals surface area contributed by atoms with Gasteiger partial charge in [-0.1, -0.05) is 32.3 Å². The number of ether oxygens (including phenoxy) is 1. The third-order valence-corrected chi connectivity index (χ3v) is 8.16. The summed E-state index contributed by atoms with van der Waals surface area (Å²) >= 11 is 0. The molecule has 4 heteroatoms. The van der Waals surface area contributed by atoms with Gasteiger partial charge in [0.2, 0.25) is 5.91 Å². The monoisotopic (exact) mass is 414 g/mol. The molecule has 0 saturated heterocycles. The average molecular weight is 415 g/mol. The molecule has 160 valence electrons. The van der Waals surface area contributed by atoms with E-state index in [1.807, 2.05) is 12.1 Å². The van der Waals surface area contributed by atoms with E-state index in [0.29, 0.717) is 17.4 Å². The Morgan fingerprint density at radius 1 is 1.13 bits per heavy atom. The summed E-state index contributed by atoms with van der Waals surface area (Å²) in [6, 6.07) is 12.7. The second-order valence-electron chi connectivity index (χ2n) is 10.1. The highest BCUT2D eigenvalue weighted by atomic mass is 16.5. The van der Waals surface area contributed by atoms with E-state index in [1.165, 1.54) is 71.8 Å².